The molecule has 64 valence electrons. The molecule has 0 aliphatic rings. The van der Waals surface area contributed by atoms with Gasteiger partial charge < -0.3 is 5.32 Å². The fraction of sp³-hybridized carbons (Fsp3) is 0.167. The Labute approximate surface area is 73.7 Å². The summed E-state index contributed by atoms with van der Waals surface area (Å²) in [5.41, 5.74) is 0. The van der Waals surface area contributed by atoms with E-state index >= 15 is 0 Å². The van der Waals surface area contributed by atoms with Crippen LogP contribution in [0.25, 0.3) is 0 Å². The Bertz CT molecular complexity index is 259. The highest BCUT2D eigenvalue weighted by Crippen LogP contribution is 2.05. The van der Waals surface area contributed by atoms with Crippen molar-refractivity contribution in [3.8, 4) is 0 Å². The third kappa shape index (κ3) is 2.67. The number of hydrogen-bond acceptors (Lipinski definition) is 4. The van der Waals surface area contributed by atoms with Crippen LogP contribution in [0.2, 0.25) is 0 Å². The predicted octanol–water partition coefficient (Wildman–Crippen LogP) is 0.846. The molecule has 6 heteroatoms. The third-order valence-electron chi connectivity index (χ3n) is 0.989. The van der Waals surface area contributed by atoms with E-state index in [-0.39, 0.29) is 6.03 Å². The van der Waals surface area contributed by atoms with E-state index in [0.29, 0.717) is 11.7 Å². The van der Waals surface area contributed by atoms with Crippen molar-refractivity contribution in [3.05, 3.63) is 19.0 Å². The van der Waals surface area contributed by atoms with E-state index in [9.17, 15) is 4.79 Å². The van der Waals surface area contributed by atoms with Crippen LogP contribution < -0.4 is 10.6 Å². The van der Waals surface area contributed by atoms with Crippen molar-refractivity contribution in [1.82, 2.24) is 14.7 Å². The van der Waals surface area contributed by atoms with E-state index in [0.717, 1.165) is 11.5 Å². The van der Waals surface area contributed by atoms with Crippen LogP contribution in [0.5, 0.6) is 0 Å². The lowest BCUT2D eigenvalue weighted by Crippen LogP contribution is -2.28. The summed E-state index contributed by atoms with van der Waals surface area (Å²) in [6, 6.07) is -0.299. The molecule has 0 atom stereocenters. The maximum Gasteiger partial charge on any atom is 0.321 e. The first-order chi connectivity index (χ1) is 5.83. The van der Waals surface area contributed by atoms with Crippen LogP contribution in [0.3, 0.4) is 0 Å². The minimum absolute atomic E-state index is 0.299. The van der Waals surface area contributed by atoms with Gasteiger partial charge >= 0.3 is 6.03 Å². The van der Waals surface area contributed by atoms with Crippen molar-refractivity contribution < 1.29 is 4.79 Å². The Kier molecular flexibility index (Phi) is 3.21. The van der Waals surface area contributed by atoms with Gasteiger partial charge in [-0.2, -0.15) is 4.37 Å². The van der Waals surface area contributed by atoms with Crippen LogP contribution in [0.15, 0.2) is 19.0 Å². The second kappa shape index (κ2) is 4.45. The summed E-state index contributed by atoms with van der Waals surface area (Å²) in [5, 5.41) is 5.53. The summed E-state index contributed by atoms with van der Waals surface area (Å²) >= 11 is 1.13. The van der Waals surface area contributed by atoms with Gasteiger partial charge in [-0.05, 0) is 0 Å². The van der Waals surface area contributed by atoms with E-state index in [2.05, 4.69) is 26.6 Å². The molecule has 1 aromatic rings. The first-order valence-corrected chi connectivity index (χ1v) is 4.02. The summed E-state index contributed by atoms with van der Waals surface area (Å²) in [4.78, 5) is 14.7. The van der Waals surface area contributed by atoms with Gasteiger partial charge in [0.25, 0.3) is 0 Å². The van der Waals surface area contributed by atoms with E-state index < -0.39 is 0 Å². The Morgan fingerprint density at radius 3 is 3.25 bits per heavy atom. The molecule has 0 spiro atoms. The van der Waals surface area contributed by atoms with E-state index in [4.69, 9.17) is 0 Å². The molecule has 1 aromatic heterocycles. The molecule has 12 heavy (non-hydrogen) atoms. The summed E-state index contributed by atoms with van der Waals surface area (Å²) in [5.74, 6) is 0. The van der Waals surface area contributed by atoms with Gasteiger partial charge in [0.05, 0.1) is 0 Å². The summed E-state index contributed by atoms with van der Waals surface area (Å²) in [7, 11) is 0. The van der Waals surface area contributed by atoms with Gasteiger partial charge in [-0.3, -0.25) is 5.32 Å². The Morgan fingerprint density at radius 2 is 2.67 bits per heavy atom. The summed E-state index contributed by atoms with van der Waals surface area (Å²) < 4.78 is 3.72. The van der Waals surface area contributed by atoms with E-state index in [1.807, 2.05) is 0 Å². The molecule has 1 heterocycles. The molecule has 0 bridgehead atoms. The van der Waals surface area contributed by atoms with Crippen molar-refractivity contribution in [1.29, 1.82) is 0 Å². The number of hydrogen-bond donors (Lipinski definition) is 2. The van der Waals surface area contributed by atoms with Crippen LogP contribution >= 0.6 is 11.5 Å². The van der Waals surface area contributed by atoms with Crippen LogP contribution in [0, 0.1) is 0 Å². The first kappa shape index (κ1) is 8.66. The van der Waals surface area contributed by atoms with Crippen LogP contribution in [-0.4, -0.2) is 21.9 Å². The second-order valence-corrected chi connectivity index (χ2v) is 2.65. The molecular formula is C6H8N4OS. The maximum atomic E-state index is 10.9. The Hall–Kier alpha value is -1.43. The fourth-order valence-corrected chi connectivity index (χ4v) is 0.961. The quantitative estimate of drug-likeness (QED) is 0.684. The molecule has 5 nitrogen and oxygen atoms in total. The molecular weight excluding hydrogens is 176 g/mol. The molecule has 2 amide bonds. The maximum absolute atomic E-state index is 10.9. The van der Waals surface area contributed by atoms with Crippen molar-refractivity contribution in [2.24, 2.45) is 0 Å². The number of urea groups is 1. The predicted molar refractivity (Wildman–Crippen MR) is 47.1 cm³/mol. The number of carbonyl (C=O) groups is 1. The third-order valence-corrected chi connectivity index (χ3v) is 1.57. The molecule has 0 saturated heterocycles. The largest absolute Gasteiger partial charge is 0.334 e. The highest BCUT2D eigenvalue weighted by atomic mass is 32.1. The summed E-state index contributed by atoms with van der Waals surface area (Å²) in [6.07, 6.45) is 2.98. The van der Waals surface area contributed by atoms with Crippen LogP contribution in [0.4, 0.5) is 9.93 Å². The number of carbonyl (C=O) groups excluding carboxylic acids is 1. The van der Waals surface area contributed by atoms with E-state index in [1.54, 1.807) is 6.08 Å². The Morgan fingerprint density at radius 1 is 1.83 bits per heavy atom. The zero-order chi connectivity index (χ0) is 8.81. The molecule has 0 aliphatic carbocycles. The number of anilines is 1. The normalized spacial score (nSPS) is 9.00. The van der Waals surface area contributed by atoms with Gasteiger partial charge in [-0.1, -0.05) is 6.08 Å². The average Bonchev–Trinajstić information content (AvgIpc) is 2.53. The lowest BCUT2D eigenvalue weighted by atomic mass is 10.6. The van der Waals surface area contributed by atoms with Gasteiger partial charge in [-0.25, -0.2) is 9.78 Å². The molecule has 0 aromatic carbocycles. The number of nitrogens with zero attached hydrogens (tertiary/aromatic N) is 2. The molecule has 0 aliphatic heterocycles. The monoisotopic (exact) mass is 184 g/mol. The number of amides is 2. The van der Waals surface area contributed by atoms with Crippen molar-refractivity contribution >= 4 is 22.7 Å². The van der Waals surface area contributed by atoms with Gasteiger partial charge in [-0.15, -0.1) is 6.58 Å². The molecule has 0 unspecified atom stereocenters. The van der Waals surface area contributed by atoms with Crippen LogP contribution in [0.1, 0.15) is 0 Å². The smallest absolute Gasteiger partial charge is 0.321 e. The molecule has 1 rings (SSSR count). The number of rotatable bonds is 3. The molecule has 2 N–H and O–H groups in total. The highest BCUT2D eigenvalue weighted by Gasteiger charge is 2.00. The van der Waals surface area contributed by atoms with Crippen molar-refractivity contribution in [2.75, 3.05) is 11.9 Å². The first-order valence-electron chi connectivity index (χ1n) is 3.25. The number of nitrogens with one attached hydrogen (secondary N) is 2. The van der Waals surface area contributed by atoms with Crippen molar-refractivity contribution in [2.45, 2.75) is 0 Å². The second-order valence-electron chi connectivity index (χ2n) is 1.87. The minimum atomic E-state index is -0.299. The fourth-order valence-electron chi connectivity index (χ4n) is 0.534. The molecule has 0 saturated carbocycles. The van der Waals surface area contributed by atoms with Gasteiger partial charge in [0.2, 0.25) is 5.13 Å². The lowest BCUT2D eigenvalue weighted by molar-refractivity contribution is 0.253. The zero-order valence-electron chi connectivity index (χ0n) is 6.28. The average molecular weight is 184 g/mol. The Balaban J connectivity index is 2.32. The minimum Gasteiger partial charge on any atom is -0.334 e. The topological polar surface area (TPSA) is 66.9 Å². The summed E-state index contributed by atoms with van der Waals surface area (Å²) in [6.45, 7) is 3.90. The lowest BCUT2D eigenvalue weighted by Gasteiger charge is -2.00. The van der Waals surface area contributed by atoms with Gasteiger partial charge in [0.1, 0.15) is 6.33 Å². The van der Waals surface area contributed by atoms with E-state index in [1.165, 1.54) is 6.33 Å². The molecule has 0 fully saturated rings. The van der Waals surface area contributed by atoms with Crippen molar-refractivity contribution in [3.63, 3.8) is 0 Å². The SMILES string of the molecule is C=CCNC(=O)Nc1ncns1. The standard InChI is InChI=1S/C6H8N4OS/c1-2-3-7-5(11)10-6-8-4-9-12-6/h2,4H,1,3H2,(H2,7,8,9,10,11). The molecule has 0 radical (unpaired) electrons. The van der Waals surface area contributed by atoms with Gasteiger partial charge in [0, 0.05) is 18.1 Å². The van der Waals surface area contributed by atoms with Gasteiger partial charge in [0.15, 0.2) is 0 Å². The zero-order valence-corrected chi connectivity index (χ0v) is 7.10. The number of aromatic nitrogens is 2. The van der Waals surface area contributed by atoms with Crippen LogP contribution in [-0.2, 0) is 0 Å². The highest BCUT2D eigenvalue weighted by molar-refractivity contribution is 7.09.